The van der Waals surface area contributed by atoms with Crippen molar-refractivity contribution in [2.45, 2.75) is 19.1 Å². The molecule has 0 aliphatic heterocycles. The fraction of sp³-hybridized carbons (Fsp3) is 0.103. The first-order valence-electron chi connectivity index (χ1n) is 12.5. The minimum Gasteiger partial charge on any atom is -0.467 e. The van der Waals surface area contributed by atoms with Crippen LogP contribution in [0.25, 0.3) is 21.6 Å². The molecule has 0 aliphatic rings. The first-order valence-corrected chi connectivity index (χ1v) is 13.4. The Morgan fingerprint density at radius 1 is 1.00 bits per heavy atom. The molecule has 0 saturated carbocycles. The number of rotatable bonds is 9. The molecule has 6 rings (SSSR count). The Hall–Kier alpha value is -5.16. The van der Waals surface area contributed by atoms with E-state index in [-0.39, 0.29) is 13.1 Å². The van der Waals surface area contributed by atoms with Crippen LogP contribution in [0.2, 0.25) is 0 Å². The second-order valence-electron chi connectivity index (χ2n) is 8.89. The minimum absolute atomic E-state index is 0.256. The smallest absolute Gasteiger partial charge is 0.251 e. The molecule has 2 aromatic carbocycles. The van der Waals surface area contributed by atoms with E-state index in [9.17, 15) is 9.59 Å². The molecule has 0 spiro atoms. The molecular weight excluding hydrogens is 526 g/mol. The first-order chi connectivity index (χ1) is 19.7. The molecule has 10 nitrogen and oxygen atoms in total. The van der Waals surface area contributed by atoms with Crippen LogP contribution in [0.5, 0.6) is 0 Å². The number of tetrazole rings is 1. The van der Waals surface area contributed by atoms with Gasteiger partial charge < -0.3 is 9.73 Å². The van der Waals surface area contributed by atoms with Crippen molar-refractivity contribution >= 4 is 39.7 Å². The Labute approximate surface area is 232 Å². The molecule has 0 radical (unpaired) electrons. The van der Waals surface area contributed by atoms with Crippen LogP contribution in [0.3, 0.4) is 0 Å². The summed E-state index contributed by atoms with van der Waals surface area (Å²) >= 11 is 1.48. The lowest BCUT2D eigenvalue weighted by atomic mass is 10.1. The predicted octanol–water partition coefficient (Wildman–Crippen LogP) is 4.63. The predicted molar refractivity (Wildman–Crippen MR) is 150 cm³/mol. The summed E-state index contributed by atoms with van der Waals surface area (Å²) in [6.07, 6.45) is 3.05. The molecule has 0 saturated heterocycles. The summed E-state index contributed by atoms with van der Waals surface area (Å²) in [4.78, 5) is 35.8. The van der Waals surface area contributed by atoms with Gasteiger partial charge in [0.15, 0.2) is 6.04 Å². The topological polar surface area (TPSA) is 119 Å². The Morgan fingerprint density at radius 2 is 1.85 bits per heavy atom. The van der Waals surface area contributed by atoms with E-state index in [1.165, 1.54) is 27.3 Å². The third kappa shape index (κ3) is 5.36. The van der Waals surface area contributed by atoms with Crippen LogP contribution in [0.4, 0.5) is 5.69 Å². The van der Waals surface area contributed by atoms with E-state index in [1.807, 2.05) is 78.2 Å². The normalized spacial score (nSPS) is 11.8. The molecule has 0 bridgehead atoms. The average Bonchev–Trinajstić information content (AvgIpc) is 3.78. The van der Waals surface area contributed by atoms with Crippen molar-refractivity contribution in [2.75, 3.05) is 4.90 Å². The maximum atomic E-state index is 14.0. The highest BCUT2D eigenvalue weighted by Gasteiger charge is 2.35. The van der Waals surface area contributed by atoms with Gasteiger partial charge in [-0.2, -0.15) is 4.80 Å². The third-order valence-electron chi connectivity index (χ3n) is 6.22. The number of amides is 2. The Morgan fingerprint density at radius 3 is 2.65 bits per heavy atom. The molecule has 0 fully saturated rings. The summed E-state index contributed by atoms with van der Waals surface area (Å²) in [7, 11) is 0. The lowest BCUT2D eigenvalue weighted by molar-refractivity contribution is -0.127. The van der Waals surface area contributed by atoms with Gasteiger partial charge in [0, 0.05) is 11.9 Å². The molecule has 0 aliphatic carbocycles. The van der Waals surface area contributed by atoms with Crippen LogP contribution in [0.1, 0.15) is 17.4 Å². The first kappa shape index (κ1) is 25.1. The standard InChI is InChI=1S/C29H23N7O3S/c37-26(19-35-33-28(32-34-35)25-13-7-15-40-25)36(22-16-21-10-4-5-11-23(21)30-18-22)27(24-12-6-14-39-24)29(38)31-17-20-8-2-1-3-9-20/h1-16,18,27H,17,19H2,(H,31,38)/t27-/m1/s1. The summed E-state index contributed by atoms with van der Waals surface area (Å²) in [6.45, 7) is 0.0259. The minimum atomic E-state index is -1.12. The number of pyridine rings is 1. The number of anilines is 1. The van der Waals surface area contributed by atoms with Crippen molar-refractivity contribution in [2.24, 2.45) is 0 Å². The Bertz CT molecular complexity index is 1730. The quantitative estimate of drug-likeness (QED) is 0.279. The lowest BCUT2D eigenvalue weighted by Gasteiger charge is -2.29. The van der Waals surface area contributed by atoms with E-state index >= 15 is 0 Å². The number of thiophene rings is 1. The zero-order valence-electron chi connectivity index (χ0n) is 21.1. The van der Waals surface area contributed by atoms with Gasteiger partial charge in [-0.3, -0.25) is 19.5 Å². The number of carbonyl (C=O) groups excluding carboxylic acids is 2. The van der Waals surface area contributed by atoms with E-state index in [1.54, 1.807) is 18.3 Å². The zero-order valence-corrected chi connectivity index (χ0v) is 21.9. The van der Waals surface area contributed by atoms with Crippen molar-refractivity contribution < 1.29 is 14.0 Å². The lowest BCUT2D eigenvalue weighted by Crippen LogP contribution is -2.45. The number of para-hydroxylation sites is 1. The van der Waals surface area contributed by atoms with Crippen molar-refractivity contribution in [3.8, 4) is 10.7 Å². The summed E-state index contributed by atoms with van der Waals surface area (Å²) in [5.74, 6) is -0.127. The number of furan rings is 1. The molecule has 4 heterocycles. The molecule has 1 N–H and O–H groups in total. The zero-order chi connectivity index (χ0) is 27.3. The number of aromatic nitrogens is 5. The largest absolute Gasteiger partial charge is 0.467 e. The van der Waals surface area contributed by atoms with Gasteiger partial charge in [-0.25, -0.2) is 0 Å². The Balaban J connectivity index is 1.37. The van der Waals surface area contributed by atoms with Crippen LogP contribution >= 0.6 is 11.3 Å². The van der Waals surface area contributed by atoms with Gasteiger partial charge in [0.1, 0.15) is 12.3 Å². The molecule has 198 valence electrons. The fourth-order valence-electron chi connectivity index (χ4n) is 4.34. The van der Waals surface area contributed by atoms with E-state index in [4.69, 9.17) is 4.42 Å². The van der Waals surface area contributed by atoms with Gasteiger partial charge in [0.2, 0.25) is 5.82 Å². The Kier molecular flexibility index (Phi) is 7.10. The van der Waals surface area contributed by atoms with Crippen molar-refractivity contribution in [3.05, 3.63) is 114 Å². The molecule has 4 aromatic heterocycles. The van der Waals surface area contributed by atoms with Gasteiger partial charge >= 0.3 is 0 Å². The van der Waals surface area contributed by atoms with Gasteiger partial charge in [0.25, 0.3) is 11.8 Å². The van der Waals surface area contributed by atoms with Gasteiger partial charge in [0.05, 0.1) is 28.5 Å². The van der Waals surface area contributed by atoms with E-state index in [2.05, 4.69) is 25.7 Å². The van der Waals surface area contributed by atoms with Gasteiger partial charge in [-0.1, -0.05) is 54.6 Å². The highest BCUT2D eigenvalue weighted by atomic mass is 32.1. The maximum Gasteiger partial charge on any atom is 0.251 e. The van der Waals surface area contributed by atoms with Crippen LogP contribution in [0, 0.1) is 0 Å². The maximum absolute atomic E-state index is 14.0. The average molecular weight is 550 g/mol. The van der Waals surface area contributed by atoms with Crippen LogP contribution < -0.4 is 10.2 Å². The molecular formula is C29H23N7O3S. The number of carbonyl (C=O) groups is 2. The summed E-state index contributed by atoms with van der Waals surface area (Å²) in [6, 6.07) is 24.9. The molecule has 1 atom stereocenters. The monoisotopic (exact) mass is 549 g/mol. The third-order valence-corrected chi connectivity index (χ3v) is 7.09. The fourth-order valence-corrected chi connectivity index (χ4v) is 4.99. The second-order valence-corrected chi connectivity index (χ2v) is 9.84. The van der Waals surface area contributed by atoms with E-state index in [0.717, 1.165) is 21.3 Å². The van der Waals surface area contributed by atoms with Crippen molar-refractivity contribution in [3.63, 3.8) is 0 Å². The van der Waals surface area contributed by atoms with Crippen LogP contribution in [0.15, 0.2) is 107 Å². The van der Waals surface area contributed by atoms with Crippen LogP contribution in [-0.2, 0) is 22.7 Å². The van der Waals surface area contributed by atoms with E-state index in [0.29, 0.717) is 17.3 Å². The molecule has 11 heteroatoms. The van der Waals surface area contributed by atoms with Crippen LogP contribution in [-0.4, -0.2) is 37.0 Å². The highest BCUT2D eigenvalue weighted by molar-refractivity contribution is 7.13. The summed E-state index contributed by atoms with van der Waals surface area (Å²) in [5.41, 5.74) is 2.12. The van der Waals surface area contributed by atoms with E-state index < -0.39 is 17.9 Å². The number of hydrogen-bond donors (Lipinski definition) is 1. The number of hydrogen-bond acceptors (Lipinski definition) is 8. The number of nitrogens with one attached hydrogen (secondary N) is 1. The molecule has 40 heavy (non-hydrogen) atoms. The van der Waals surface area contributed by atoms with Gasteiger partial charge in [-0.15, -0.1) is 21.5 Å². The van der Waals surface area contributed by atoms with Crippen molar-refractivity contribution in [1.29, 1.82) is 0 Å². The summed E-state index contributed by atoms with van der Waals surface area (Å²) < 4.78 is 5.69. The van der Waals surface area contributed by atoms with Gasteiger partial charge in [-0.05, 0) is 46.5 Å². The highest BCUT2D eigenvalue weighted by Crippen LogP contribution is 2.30. The molecule has 2 amide bonds. The molecule has 6 aromatic rings. The second kappa shape index (κ2) is 11.3. The summed E-state index contributed by atoms with van der Waals surface area (Å²) in [5, 5.41) is 18.2. The molecule has 0 unspecified atom stereocenters. The number of fused-ring (bicyclic) bond motifs is 1. The number of benzene rings is 2. The number of nitrogens with zero attached hydrogens (tertiary/aromatic N) is 6. The van der Waals surface area contributed by atoms with Crippen molar-refractivity contribution in [1.82, 2.24) is 30.5 Å². The SMILES string of the molecule is O=C(NCc1ccccc1)[C@@H](c1ccco1)N(C(=O)Cn1nnc(-c2cccs2)n1)c1cnc2ccccc2c1.